The van der Waals surface area contributed by atoms with Gasteiger partial charge in [0, 0.05) is 15.5 Å². The first-order valence-electron chi connectivity index (χ1n) is 5.12. The Morgan fingerprint density at radius 1 is 1.06 bits per heavy atom. The molecular formula is C13H6F2OS2. The summed E-state index contributed by atoms with van der Waals surface area (Å²) in [5.74, 6) is -1.91. The summed E-state index contributed by atoms with van der Waals surface area (Å²) in [6, 6.07) is 6.66. The number of benzene rings is 1. The van der Waals surface area contributed by atoms with E-state index in [4.69, 9.17) is 0 Å². The molecule has 18 heavy (non-hydrogen) atoms. The zero-order valence-corrected chi connectivity index (χ0v) is 10.6. The highest BCUT2D eigenvalue weighted by Gasteiger charge is 2.17. The molecule has 2 aromatic heterocycles. The first-order chi connectivity index (χ1) is 8.65. The van der Waals surface area contributed by atoms with Crippen LogP contribution in [0.15, 0.2) is 35.7 Å². The van der Waals surface area contributed by atoms with Gasteiger partial charge in [-0.25, -0.2) is 8.78 Å². The fourth-order valence-corrected chi connectivity index (χ4v) is 3.75. The molecule has 0 aliphatic heterocycles. The van der Waals surface area contributed by atoms with Gasteiger partial charge in [0.25, 0.3) is 0 Å². The van der Waals surface area contributed by atoms with Gasteiger partial charge in [0.05, 0.1) is 10.4 Å². The molecule has 0 spiro atoms. The molecule has 90 valence electrons. The third-order valence-electron chi connectivity index (χ3n) is 2.54. The number of rotatable bonds is 2. The molecule has 0 radical (unpaired) electrons. The standard InChI is InChI=1S/C13H6F2OS2/c14-7-1-2-8(9(15)5-7)13(16)12-6-11-10(18-12)3-4-17-11/h1-6H. The normalized spacial score (nSPS) is 11.0. The van der Waals surface area contributed by atoms with Gasteiger partial charge in [0.2, 0.25) is 5.78 Å². The maximum atomic E-state index is 13.5. The summed E-state index contributed by atoms with van der Waals surface area (Å²) in [5, 5.41) is 1.94. The average molecular weight is 280 g/mol. The van der Waals surface area contributed by atoms with Crippen LogP contribution in [0.1, 0.15) is 15.2 Å². The fraction of sp³-hybridized carbons (Fsp3) is 0. The first kappa shape index (κ1) is 11.5. The van der Waals surface area contributed by atoms with Gasteiger partial charge in [-0.05, 0) is 29.6 Å². The largest absolute Gasteiger partial charge is 0.288 e. The maximum Gasteiger partial charge on any atom is 0.205 e. The van der Waals surface area contributed by atoms with E-state index in [-0.39, 0.29) is 5.56 Å². The molecule has 0 aliphatic carbocycles. The van der Waals surface area contributed by atoms with Crippen molar-refractivity contribution >= 4 is 37.9 Å². The molecule has 0 amide bonds. The van der Waals surface area contributed by atoms with Gasteiger partial charge in [0.1, 0.15) is 11.6 Å². The number of carbonyl (C=O) groups excluding carboxylic acids is 1. The SMILES string of the molecule is O=C(c1cc2sccc2s1)c1ccc(F)cc1F. The lowest BCUT2D eigenvalue weighted by molar-refractivity contribution is 0.103. The Bertz CT molecular complexity index is 714. The third-order valence-corrected chi connectivity index (χ3v) is 4.63. The lowest BCUT2D eigenvalue weighted by Crippen LogP contribution is -2.02. The molecule has 0 bridgehead atoms. The van der Waals surface area contributed by atoms with Crippen molar-refractivity contribution < 1.29 is 13.6 Å². The molecule has 0 fully saturated rings. The summed E-state index contributed by atoms with van der Waals surface area (Å²) in [6.07, 6.45) is 0. The Hall–Kier alpha value is -1.59. The van der Waals surface area contributed by atoms with Crippen molar-refractivity contribution in [3.05, 3.63) is 57.8 Å². The van der Waals surface area contributed by atoms with E-state index in [2.05, 4.69) is 0 Å². The van der Waals surface area contributed by atoms with Crippen molar-refractivity contribution in [1.29, 1.82) is 0 Å². The Balaban J connectivity index is 2.06. The van der Waals surface area contributed by atoms with Gasteiger partial charge in [-0.3, -0.25) is 4.79 Å². The van der Waals surface area contributed by atoms with Crippen LogP contribution >= 0.6 is 22.7 Å². The topological polar surface area (TPSA) is 17.1 Å². The number of hydrogen-bond donors (Lipinski definition) is 0. The minimum absolute atomic E-state index is 0.0923. The number of carbonyl (C=O) groups is 1. The first-order valence-corrected chi connectivity index (χ1v) is 6.81. The zero-order chi connectivity index (χ0) is 12.7. The average Bonchev–Trinajstić information content (AvgIpc) is 2.87. The van der Waals surface area contributed by atoms with Gasteiger partial charge < -0.3 is 0 Å². The van der Waals surface area contributed by atoms with Crippen LogP contribution in [0.5, 0.6) is 0 Å². The summed E-state index contributed by atoms with van der Waals surface area (Å²) in [7, 11) is 0. The molecule has 0 aliphatic rings. The van der Waals surface area contributed by atoms with Crippen LogP contribution in [0.4, 0.5) is 8.78 Å². The highest BCUT2D eigenvalue weighted by atomic mass is 32.1. The Morgan fingerprint density at radius 3 is 2.61 bits per heavy atom. The molecular weight excluding hydrogens is 274 g/mol. The van der Waals surface area contributed by atoms with Crippen molar-refractivity contribution in [3.63, 3.8) is 0 Å². The zero-order valence-electron chi connectivity index (χ0n) is 8.94. The molecule has 0 saturated heterocycles. The van der Waals surface area contributed by atoms with E-state index in [1.807, 2.05) is 11.4 Å². The van der Waals surface area contributed by atoms with Crippen molar-refractivity contribution in [1.82, 2.24) is 0 Å². The lowest BCUT2D eigenvalue weighted by Gasteiger charge is -1.99. The summed E-state index contributed by atoms with van der Waals surface area (Å²) >= 11 is 2.85. The van der Waals surface area contributed by atoms with E-state index in [1.54, 1.807) is 6.07 Å². The second-order valence-electron chi connectivity index (χ2n) is 3.71. The van der Waals surface area contributed by atoms with E-state index in [1.165, 1.54) is 28.7 Å². The summed E-state index contributed by atoms with van der Waals surface area (Å²) in [6.45, 7) is 0. The molecule has 0 saturated carbocycles. The molecule has 0 atom stereocenters. The molecule has 1 aromatic carbocycles. The number of fused-ring (bicyclic) bond motifs is 1. The lowest BCUT2D eigenvalue weighted by atomic mass is 10.1. The van der Waals surface area contributed by atoms with Crippen LogP contribution < -0.4 is 0 Å². The Kier molecular flexibility index (Phi) is 2.72. The van der Waals surface area contributed by atoms with Crippen LogP contribution in [-0.4, -0.2) is 5.78 Å². The highest BCUT2D eigenvalue weighted by Crippen LogP contribution is 2.31. The van der Waals surface area contributed by atoms with Gasteiger partial charge in [-0.1, -0.05) is 0 Å². The number of ketones is 1. The predicted octanol–water partition coefficient (Wildman–Crippen LogP) is 4.47. The molecule has 3 rings (SSSR count). The van der Waals surface area contributed by atoms with Crippen molar-refractivity contribution in [2.24, 2.45) is 0 Å². The number of hydrogen-bond acceptors (Lipinski definition) is 3. The highest BCUT2D eigenvalue weighted by molar-refractivity contribution is 7.28. The minimum Gasteiger partial charge on any atom is -0.288 e. The minimum atomic E-state index is -0.822. The second kappa shape index (κ2) is 4.26. The van der Waals surface area contributed by atoms with Crippen LogP contribution in [0.25, 0.3) is 9.40 Å². The van der Waals surface area contributed by atoms with E-state index < -0.39 is 17.4 Å². The van der Waals surface area contributed by atoms with Crippen molar-refractivity contribution in [3.8, 4) is 0 Å². The summed E-state index contributed by atoms with van der Waals surface area (Å²) < 4.78 is 28.3. The van der Waals surface area contributed by atoms with Gasteiger partial charge >= 0.3 is 0 Å². The van der Waals surface area contributed by atoms with Gasteiger partial charge in [0.15, 0.2) is 0 Å². The second-order valence-corrected chi connectivity index (χ2v) is 5.74. The number of halogens is 2. The van der Waals surface area contributed by atoms with Crippen LogP contribution in [0, 0.1) is 11.6 Å². The smallest absolute Gasteiger partial charge is 0.205 e. The molecule has 2 heterocycles. The van der Waals surface area contributed by atoms with Crippen molar-refractivity contribution in [2.45, 2.75) is 0 Å². The van der Waals surface area contributed by atoms with E-state index in [9.17, 15) is 13.6 Å². The maximum absolute atomic E-state index is 13.5. The summed E-state index contributed by atoms with van der Waals surface area (Å²) in [5.41, 5.74) is -0.0923. The van der Waals surface area contributed by atoms with Crippen LogP contribution in [-0.2, 0) is 0 Å². The van der Waals surface area contributed by atoms with Crippen LogP contribution in [0.2, 0.25) is 0 Å². The van der Waals surface area contributed by atoms with Gasteiger partial charge in [-0.2, -0.15) is 0 Å². The monoisotopic (exact) mass is 280 g/mol. The molecule has 3 aromatic rings. The van der Waals surface area contributed by atoms with Crippen molar-refractivity contribution in [2.75, 3.05) is 0 Å². The summed E-state index contributed by atoms with van der Waals surface area (Å²) in [4.78, 5) is 12.6. The molecule has 0 N–H and O–H groups in total. The van der Waals surface area contributed by atoms with E-state index in [0.717, 1.165) is 21.5 Å². The molecule has 1 nitrogen and oxygen atoms in total. The van der Waals surface area contributed by atoms with E-state index >= 15 is 0 Å². The predicted molar refractivity (Wildman–Crippen MR) is 69.5 cm³/mol. The third kappa shape index (κ3) is 1.85. The van der Waals surface area contributed by atoms with Crippen LogP contribution in [0.3, 0.4) is 0 Å². The molecule has 5 heteroatoms. The quantitative estimate of drug-likeness (QED) is 0.633. The van der Waals surface area contributed by atoms with Gasteiger partial charge in [-0.15, -0.1) is 22.7 Å². The Labute approximate surface area is 109 Å². The number of thiophene rings is 2. The fourth-order valence-electron chi connectivity index (χ4n) is 1.68. The Morgan fingerprint density at radius 2 is 1.89 bits per heavy atom. The molecule has 0 unspecified atom stereocenters. The van der Waals surface area contributed by atoms with E-state index in [0.29, 0.717) is 4.88 Å².